The number of pyridine rings is 1. The van der Waals surface area contributed by atoms with Crippen LogP contribution in [-0.2, 0) is 6.54 Å². The molecule has 2 aromatic rings. The van der Waals surface area contributed by atoms with E-state index < -0.39 is 0 Å². The summed E-state index contributed by atoms with van der Waals surface area (Å²) in [5.41, 5.74) is 1.09. The van der Waals surface area contributed by atoms with Gasteiger partial charge in [-0.15, -0.1) is 24.0 Å². The van der Waals surface area contributed by atoms with Gasteiger partial charge in [-0.2, -0.15) is 0 Å². The Kier molecular flexibility index (Phi) is 10.6. The average Bonchev–Trinajstić information content (AvgIpc) is 3.17. The zero-order valence-electron chi connectivity index (χ0n) is 18.5. The number of piperidine rings is 1. The first-order chi connectivity index (χ1) is 14.2. The van der Waals surface area contributed by atoms with Crippen molar-refractivity contribution >= 4 is 29.9 Å². The molecule has 2 N–H and O–H groups in total. The molecule has 0 saturated carbocycles. The van der Waals surface area contributed by atoms with Gasteiger partial charge in [0.15, 0.2) is 5.96 Å². The van der Waals surface area contributed by atoms with Crippen LogP contribution in [0, 0.1) is 12.8 Å². The van der Waals surface area contributed by atoms with E-state index in [1.165, 1.54) is 25.9 Å². The molecule has 166 valence electrons. The zero-order valence-corrected chi connectivity index (χ0v) is 20.8. The lowest BCUT2D eigenvalue weighted by Crippen LogP contribution is -2.39. The van der Waals surface area contributed by atoms with Gasteiger partial charge in [0.1, 0.15) is 11.6 Å². The van der Waals surface area contributed by atoms with Crippen LogP contribution in [0.25, 0.3) is 5.82 Å². The smallest absolute Gasteiger partial charge is 0.191 e. The molecule has 0 spiro atoms. The molecule has 1 fully saturated rings. The highest BCUT2D eigenvalue weighted by molar-refractivity contribution is 14.0. The maximum absolute atomic E-state index is 4.71. The summed E-state index contributed by atoms with van der Waals surface area (Å²) in [4.78, 5) is 16.1. The summed E-state index contributed by atoms with van der Waals surface area (Å²) < 4.78 is 1.97. The number of nitrogens with one attached hydrogen (secondary N) is 2. The Morgan fingerprint density at radius 1 is 1.20 bits per heavy atom. The van der Waals surface area contributed by atoms with Crippen LogP contribution in [0.5, 0.6) is 0 Å². The highest BCUT2D eigenvalue weighted by Crippen LogP contribution is 2.15. The average molecular weight is 525 g/mol. The fourth-order valence-corrected chi connectivity index (χ4v) is 3.58. The monoisotopic (exact) mass is 525 g/mol. The normalized spacial score (nSPS) is 15.6. The number of halogens is 1. The second-order valence-corrected chi connectivity index (χ2v) is 7.87. The fourth-order valence-electron chi connectivity index (χ4n) is 3.58. The first-order valence-electron chi connectivity index (χ1n) is 10.9. The van der Waals surface area contributed by atoms with Crippen LogP contribution in [-0.4, -0.2) is 58.1 Å². The van der Waals surface area contributed by atoms with E-state index >= 15 is 0 Å². The van der Waals surface area contributed by atoms with Crippen molar-refractivity contribution in [2.24, 2.45) is 10.9 Å². The molecule has 0 atom stereocenters. The SMILES string of the molecule is CCNC(=NCc1ccc(-n2ccnc2C)nc1)NCCCN1CCC(C)CC1.I. The van der Waals surface area contributed by atoms with Crippen molar-refractivity contribution in [3.05, 3.63) is 42.1 Å². The van der Waals surface area contributed by atoms with Crippen LogP contribution in [0.2, 0.25) is 0 Å². The third-order valence-corrected chi connectivity index (χ3v) is 5.47. The number of aliphatic imine (C=N–C) groups is 1. The molecular weight excluding hydrogens is 489 g/mol. The zero-order chi connectivity index (χ0) is 20.5. The van der Waals surface area contributed by atoms with Crippen LogP contribution in [0.1, 0.15) is 44.5 Å². The molecule has 0 radical (unpaired) electrons. The van der Waals surface area contributed by atoms with E-state index in [0.717, 1.165) is 55.1 Å². The van der Waals surface area contributed by atoms with Gasteiger partial charge >= 0.3 is 0 Å². The van der Waals surface area contributed by atoms with Gasteiger partial charge in [0.25, 0.3) is 0 Å². The molecule has 0 aliphatic carbocycles. The van der Waals surface area contributed by atoms with E-state index in [9.17, 15) is 0 Å². The maximum atomic E-state index is 4.71. The molecule has 3 rings (SSSR count). The van der Waals surface area contributed by atoms with Crippen LogP contribution in [0.15, 0.2) is 35.7 Å². The molecular formula is C22H36IN7. The van der Waals surface area contributed by atoms with E-state index in [1.807, 2.05) is 30.0 Å². The number of imidazole rings is 1. The quantitative estimate of drug-likeness (QED) is 0.240. The van der Waals surface area contributed by atoms with Crippen LogP contribution < -0.4 is 10.6 Å². The fraction of sp³-hybridized carbons (Fsp3) is 0.591. The van der Waals surface area contributed by atoms with E-state index in [2.05, 4.69) is 45.4 Å². The molecule has 0 amide bonds. The Hall–Kier alpha value is -1.68. The number of hydrogen-bond donors (Lipinski definition) is 2. The van der Waals surface area contributed by atoms with Crippen molar-refractivity contribution in [1.82, 2.24) is 30.1 Å². The lowest BCUT2D eigenvalue weighted by atomic mass is 9.99. The molecule has 0 bridgehead atoms. The Balaban J connectivity index is 0.00000320. The van der Waals surface area contributed by atoms with Crippen molar-refractivity contribution < 1.29 is 0 Å². The van der Waals surface area contributed by atoms with E-state index in [0.29, 0.717) is 6.54 Å². The van der Waals surface area contributed by atoms with Crippen molar-refractivity contribution in [1.29, 1.82) is 0 Å². The molecule has 30 heavy (non-hydrogen) atoms. The highest BCUT2D eigenvalue weighted by Gasteiger charge is 2.14. The van der Waals surface area contributed by atoms with E-state index in [1.54, 1.807) is 6.20 Å². The minimum Gasteiger partial charge on any atom is -0.357 e. The second-order valence-electron chi connectivity index (χ2n) is 7.87. The second kappa shape index (κ2) is 12.9. The molecule has 1 saturated heterocycles. The van der Waals surface area contributed by atoms with Crippen molar-refractivity contribution in [3.63, 3.8) is 0 Å². The lowest BCUT2D eigenvalue weighted by molar-refractivity contribution is 0.191. The topological polar surface area (TPSA) is 70.4 Å². The van der Waals surface area contributed by atoms with Gasteiger partial charge < -0.3 is 15.5 Å². The van der Waals surface area contributed by atoms with Gasteiger partial charge in [-0.05, 0) is 70.3 Å². The van der Waals surface area contributed by atoms with Gasteiger partial charge in [0.05, 0.1) is 6.54 Å². The standard InChI is InChI=1S/C22H35N7.HI/c1-4-23-22(25-10-5-12-28-13-8-18(2)9-14-28)27-17-20-6-7-21(26-16-20)29-15-11-24-19(29)3;/h6-7,11,15-16,18H,4-5,8-10,12-14,17H2,1-3H3,(H2,23,25,27);1H. The number of hydrogen-bond acceptors (Lipinski definition) is 4. The van der Waals surface area contributed by atoms with Crippen molar-refractivity contribution in [2.75, 3.05) is 32.7 Å². The third-order valence-electron chi connectivity index (χ3n) is 5.47. The van der Waals surface area contributed by atoms with Gasteiger partial charge in [-0.3, -0.25) is 4.57 Å². The maximum Gasteiger partial charge on any atom is 0.191 e. The third kappa shape index (κ3) is 7.54. The number of guanidine groups is 1. The van der Waals surface area contributed by atoms with Gasteiger partial charge in [-0.1, -0.05) is 13.0 Å². The van der Waals surface area contributed by atoms with E-state index in [-0.39, 0.29) is 24.0 Å². The van der Waals surface area contributed by atoms with Crippen LogP contribution in [0.4, 0.5) is 0 Å². The highest BCUT2D eigenvalue weighted by atomic mass is 127. The summed E-state index contributed by atoms with van der Waals surface area (Å²) in [6.45, 7) is 12.5. The first-order valence-corrected chi connectivity index (χ1v) is 10.9. The lowest BCUT2D eigenvalue weighted by Gasteiger charge is -2.30. The van der Waals surface area contributed by atoms with Gasteiger partial charge in [0.2, 0.25) is 0 Å². The Labute approximate surface area is 197 Å². The van der Waals surface area contributed by atoms with Gasteiger partial charge in [0, 0.05) is 31.7 Å². The Morgan fingerprint density at radius 2 is 2.00 bits per heavy atom. The number of rotatable bonds is 8. The van der Waals surface area contributed by atoms with Crippen molar-refractivity contribution in [2.45, 2.75) is 46.6 Å². The summed E-state index contributed by atoms with van der Waals surface area (Å²) in [5, 5.41) is 6.79. The van der Waals surface area contributed by atoms with Crippen LogP contribution >= 0.6 is 24.0 Å². The Morgan fingerprint density at radius 3 is 2.63 bits per heavy atom. The summed E-state index contributed by atoms with van der Waals surface area (Å²) in [6, 6.07) is 4.09. The molecule has 2 aromatic heterocycles. The Bertz CT molecular complexity index is 764. The molecule has 1 aliphatic rings. The molecule has 0 unspecified atom stereocenters. The minimum atomic E-state index is 0. The molecule has 0 aromatic carbocycles. The van der Waals surface area contributed by atoms with Crippen molar-refractivity contribution in [3.8, 4) is 5.82 Å². The number of aromatic nitrogens is 3. The summed E-state index contributed by atoms with van der Waals surface area (Å²) in [7, 11) is 0. The number of nitrogens with zero attached hydrogens (tertiary/aromatic N) is 5. The molecule has 7 nitrogen and oxygen atoms in total. The predicted molar refractivity (Wildman–Crippen MR) is 134 cm³/mol. The molecule has 8 heteroatoms. The van der Waals surface area contributed by atoms with Gasteiger partial charge in [-0.25, -0.2) is 15.0 Å². The number of likely N-dealkylation sites (tertiary alicyclic amines) is 1. The molecule has 3 heterocycles. The summed E-state index contributed by atoms with van der Waals surface area (Å²) >= 11 is 0. The summed E-state index contributed by atoms with van der Waals surface area (Å²) in [6.07, 6.45) is 9.41. The predicted octanol–water partition coefficient (Wildman–Crippen LogP) is 3.37. The summed E-state index contributed by atoms with van der Waals surface area (Å²) in [5.74, 6) is 3.57. The van der Waals surface area contributed by atoms with Crippen LogP contribution in [0.3, 0.4) is 0 Å². The minimum absolute atomic E-state index is 0. The largest absolute Gasteiger partial charge is 0.357 e. The first kappa shape index (κ1) is 24.6. The number of aryl methyl sites for hydroxylation is 1. The van der Waals surface area contributed by atoms with E-state index in [4.69, 9.17) is 4.99 Å². The molecule has 1 aliphatic heterocycles.